The van der Waals surface area contributed by atoms with Gasteiger partial charge in [0.1, 0.15) is 11.6 Å². The number of esters is 1. The van der Waals surface area contributed by atoms with Gasteiger partial charge >= 0.3 is 5.97 Å². The van der Waals surface area contributed by atoms with Crippen LogP contribution in [0.3, 0.4) is 0 Å². The fraction of sp³-hybridized carbons (Fsp3) is 0.533. The number of hydrogen-bond donors (Lipinski definition) is 1. The SMILES string of the molecule is CCCC(Oc1cc(F)cc(CCN)c1)C(=O)OCC. The summed E-state index contributed by atoms with van der Waals surface area (Å²) in [6, 6.07) is 4.39. The minimum atomic E-state index is -0.701. The van der Waals surface area contributed by atoms with Crippen molar-refractivity contribution in [1.82, 2.24) is 0 Å². The topological polar surface area (TPSA) is 61.5 Å². The van der Waals surface area contributed by atoms with E-state index in [-0.39, 0.29) is 0 Å². The molecule has 4 nitrogen and oxygen atoms in total. The summed E-state index contributed by atoms with van der Waals surface area (Å²) < 4.78 is 24.0. The van der Waals surface area contributed by atoms with Crippen LogP contribution in [-0.4, -0.2) is 25.2 Å². The van der Waals surface area contributed by atoms with Gasteiger partial charge in [0.2, 0.25) is 0 Å². The number of hydrogen-bond acceptors (Lipinski definition) is 4. The lowest BCUT2D eigenvalue weighted by atomic mass is 10.1. The van der Waals surface area contributed by atoms with Crippen molar-refractivity contribution >= 4 is 5.97 Å². The molecule has 20 heavy (non-hydrogen) atoms. The molecule has 1 aromatic rings. The molecule has 0 amide bonds. The number of ether oxygens (including phenoxy) is 2. The Morgan fingerprint density at radius 1 is 1.35 bits per heavy atom. The Labute approximate surface area is 119 Å². The fourth-order valence-electron chi connectivity index (χ4n) is 1.89. The molecular weight excluding hydrogens is 261 g/mol. The third-order valence-corrected chi connectivity index (χ3v) is 2.74. The molecule has 0 aliphatic heterocycles. The van der Waals surface area contributed by atoms with Crippen molar-refractivity contribution in [1.29, 1.82) is 0 Å². The maximum Gasteiger partial charge on any atom is 0.347 e. The predicted molar refractivity (Wildman–Crippen MR) is 75.1 cm³/mol. The predicted octanol–water partition coefficient (Wildman–Crippen LogP) is 2.44. The van der Waals surface area contributed by atoms with Crippen LogP contribution in [0.2, 0.25) is 0 Å². The van der Waals surface area contributed by atoms with E-state index in [1.54, 1.807) is 13.0 Å². The van der Waals surface area contributed by atoms with Gasteiger partial charge in [0.25, 0.3) is 0 Å². The maximum absolute atomic E-state index is 13.5. The van der Waals surface area contributed by atoms with Crippen molar-refractivity contribution in [2.45, 2.75) is 39.2 Å². The summed E-state index contributed by atoms with van der Waals surface area (Å²) in [6.45, 7) is 4.41. The van der Waals surface area contributed by atoms with Gasteiger partial charge in [0.05, 0.1) is 6.61 Å². The van der Waals surface area contributed by atoms with Crippen molar-refractivity contribution in [3.8, 4) is 5.75 Å². The van der Waals surface area contributed by atoms with Crippen LogP contribution in [0.25, 0.3) is 0 Å². The fourth-order valence-corrected chi connectivity index (χ4v) is 1.89. The first-order chi connectivity index (χ1) is 9.60. The quantitative estimate of drug-likeness (QED) is 0.744. The van der Waals surface area contributed by atoms with Crippen LogP contribution < -0.4 is 10.5 Å². The number of carbonyl (C=O) groups is 1. The van der Waals surface area contributed by atoms with Gasteiger partial charge in [-0.2, -0.15) is 0 Å². The molecule has 0 heterocycles. The Morgan fingerprint density at radius 3 is 2.70 bits per heavy atom. The molecular formula is C15H22FNO3. The van der Waals surface area contributed by atoms with E-state index >= 15 is 0 Å². The van der Waals surface area contributed by atoms with E-state index in [9.17, 15) is 9.18 Å². The number of nitrogens with two attached hydrogens (primary N) is 1. The first-order valence-electron chi connectivity index (χ1n) is 6.93. The zero-order valence-corrected chi connectivity index (χ0v) is 12.0. The second-order valence-electron chi connectivity index (χ2n) is 4.48. The molecule has 0 aliphatic rings. The third-order valence-electron chi connectivity index (χ3n) is 2.74. The summed E-state index contributed by atoms with van der Waals surface area (Å²) in [4.78, 5) is 11.8. The van der Waals surface area contributed by atoms with E-state index in [1.165, 1.54) is 12.1 Å². The first-order valence-corrected chi connectivity index (χ1v) is 6.93. The molecule has 0 bridgehead atoms. The van der Waals surface area contributed by atoms with E-state index in [0.717, 1.165) is 12.0 Å². The summed E-state index contributed by atoms with van der Waals surface area (Å²) >= 11 is 0. The van der Waals surface area contributed by atoms with E-state index in [2.05, 4.69) is 0 Å². The van der Waals surface area contributed by atoms with Crippen molar-refractivity contribution in [3.63, 3.8) is 0 Å². The Hall–Kier alpha value is -1.62. The first kappa shape index (κ1) is 16.4. The van der Waals surface area contributed by atoms with Crippen molar-refractivity contribution in [2.24, 2.45) is 5.73 Å². The number of halogens is 1. The average Bonchev–Trinajstić information content (AvgIpc) is 2.38. The van der Waals surface area contributed by atoms with Gasteiger partial charge in [0.15, 0.2) is 6.10 Å². The summed E-state index contributed by atoms with van der Waals surface area (Å²) in [5.74, 6) is -0.482. The molecule has 112 valence electrons. The molecule has 2 N–H and O–H groups in total. The molecule has 0 radical (unpaired) electrons. The van der Waals surface area contributed by atoms with E-state index in [1.807, 2.05) is 6.92 Å². The van der Waals surface area contributed by atoms with Gasteiger partial charge in [-0.15, -0.1) is 0 Å². The van der Waals surface area contributed by atoms with Crippen LogP contribution in [0.15, 0.2) is 18.2 Å². The Balaban J connectivity index is 2.84. The molecule has 1 unspecified atom stereocenters. The molecule has 1 rings (SSSR count). The lowest BCUT2D eigenvalue weighted by Crippen LogP contribution is -2.29. The molecule has 1 atom stereocenters. The van der Waals surface area contributed by atoms with Gasteiger partial charge in [-0.25, -0.2) is 9.18 Å². The standard InChI is InChI=1S/C15H22FNO3/c1-3-5-14(15(18)19-4-2)20-13-9-11(6-7-17)8-12(16)10-13/h8-10,14H,3-7,17H2,1-2H3. The molecule has 0 saturated heterocycles. The van der Waals surface area contributed by atoms with Crippen LogP contribution in [0.4, 0.5) is 4.39 Å². The lowest BCUT2D eigenvalue weighted by molar-refractivity contribution is -0.151. The van der Waals surface area contributed by atoms with Crippen molar-refractivity contribution in [3.05, 3.63) is 29.6 Å². The van der Waals surface area contributed by atoms with Crippen LogP contribution in [0.1, 0.15) is 32.3 Å². The smallest absolute Gasteiger partial charge is 0.347 e. The maximum atomic E-state index is 13.5. The highest BCUT2D eigenvalue weighted by atomic mass is 19.1. The molecule has 5 heteroatoms. The molecule has 0 aliphatic carbocycles. The highest BCUT2D eigenvalue weighted by molar-refractivity contribution is 5.75. The highest BCUT2D eigenvalue weighted by Gasteiger charge is 2.21. The molecule has 0 fully saturated rings. The zero-order chi connectivity index (χ0) is 15.0. The van der Waals surface area contributed by atoms with Crippen LogP contribution in [0, 0.1) is 5.82 Å². The average molecular weight is 283 g/mol. The minimum Gasteiger partial charge on any atom is -0.479 e. The van der Waals surface area contributed by atoms with E-state index in [0.29, 0.717) is 31.7 Å². The Kier molecular flexibility index (Phi) is 7.01. The highest BCUT2D eigenvalue weighted by Crippen LogP contribution is 2.20. The molecule has 0 saturated carbocycles. The third kappa shape index (κ3) is 5.17. The summed E-state index contributed by atoms with van der Waals surface area (Å²) in [5, 5.41) is 0. The number of carbonyl (C=O) groups excluding carboxylic acids is 1. The van der Waals surface area contributed by atoms with Crippen LogP contribution in [0.5, 0.6) is 5.75 Å². The van der Waals surface area contributed by atoms with Gasteiger partial charge in [0, 0.05) is 6.07 Å². The number of benzene rings is 1. The Morgan fingerprint density at radius 2 is 2.10 bits per heavy atom. The second-order valence-corrected chi connectivity index (χ2v) is 4.48. The van der Waals surface area contributed by atoms with Gasteiger partial charge < -0.3 is 15.2 Å². The largest absolute Gasteiger partial charge is 0.479 e. The lowest BCUT2D eigenvalue weighted by Gasteiger charge is -2.17. The van der Waals surface area contributed by atoms with Gasteiger partial charge in [-0.3, -0.25) is 0 Å². The van der Waals surface area contributed by atoms with Crippen molar-refractivity contribution in [2.75, 3.05) is 13.2 Å². The summed E-state index contributed by atoms with van der Waals surface area (Å²) in [5.41, 5.74) is 6.21. The van der Waals surface area contributed by atoms with Gasteiger partial charge in [-0.05, 0) is 44.0 Å². The summed E-state index contributed by atoms with van der Waals surface area (Å²) in [6.07, 6.45) is 1.16. The van der Waals surface area contributed by atoms with E-state index in [4.69, 9.17) is 15.2 Å². The van der Waals surface area contributed by atoms with E-state index < -0.39 is 17.9 Å². The second kappa shape index (κ2) is 8.53. The summed E-state index contributed by atoms with van der Waals surface area (Å²) in [7, 11) is 0. The van der Waals surface area contributed by atoms with Gasteiger partial charge in [-0.1, -0.05) is 13.3 Å². The van der Waals surface area contributed by atoms with Crippen molar-refractivity contribution < 1.29 is 18.7 Å². The molecule has 1 aromatic carbocycles. The monoisotopic (exact) mass is 283 g/mol. The Bertz CT molecular complexity index is 437. The molecule has 0 spiro atoms. The zero-order valence-electron chi connectivity index (χ0n) is 12.0. The van der Waals surface area contributed by atoms with Crippen LogP contribution >= 0.6 is 0 Å². The normalized spacial score (nSPS) is 12.0. The van der Waals surface area contributed by atoms with Crippen LogP contribution in [-0.2, 0) is 16.0 Å². The number of rotatable bonds is 8. The molecule has 0 aromatic heterocycles. The minimum absolute atomic E-state index is 0.296.